The summed E-state index contributed by atoms with van der Waals surface area (Å²) in [5, 5.41) is 3.32. The van der Waals surface area contributed by atoms with Crippen molar-refractivity contribution in [3.05, 3.63) is 29.7 Å². The molecule has 1 aliphatic rings. The molecule has 0 aliphatic heterocycles. The average molecular weight is 203 g/mol. The van der Waals surface area contributed by atoms with Gasteiger partial charge in [0, 0.05) is 12.7 Å². The molecule has 80 valence electrons. The van der Waals surface area contributed by atoms with Crippen molar-refractivity contribution in [3.63, 3.8) is 0 Å². The SMILES string of the molecule is Cc1nccc(NCCC2=CCCC2)n1. The fraction of sp³-hybridized carbons (Fsp3) is 0.500. The van der Waals surface area contributed by atoms with Gasteiger partial charge in [0.15, 0.2) is 0 Å². The molecule has 0 aromatic carbocycles. The van der Waals surface area contributed by atoms with Crippen molar-refractivity contribution in [2.75, 3.05) is 11.9 Å². The highest BCUT2D eigenvalue weighted by Gasteiger charge is 2.03. The second-order valence-electron chi connectivity index (χ2n) is 3.92. The van der Waals surface area contributed by atoms with Crippen molar-refractivity contribution in [1.29, 1.82) is 0 Å². The van der Waals surface area contributed by atoms with Gasteiger partial charge in [0.2, 0.25) is 0 Å². The molecule has 3 heteroatoms. The molecule has 0 spiro atoms. The first-order valence-electron chi connectivity index (χ1n) is 5.56. The lowest BCUT2D eigenvalue weighted by atomic mass is 10.2. The molecule has 0 bridgehead atoms. The molecule has 1 aromatic rings. The van der Waals surface area contributed by atoms with Gasteiger partial charge in [0.25, 0.3) is 0 Å². The predicted molar refractivity (Wildman–Crippen MR) is 61.8 cm³/mol. The molecule has 0 radical (unpaired) electrons. The number of allylic oxidation sites excluding steroid dienone is 1. The predicted octanol–water partition coefficient (Wildman–Crippen LogP) is 2.70. The number of nitrogens with zero attached hydrogens (tertiary/aromatic N) is 2. The number of nitrogens with one attached hydrogen (secondary N) is 1. The van der Waals surface area contributed by atoms with Crippen molar-refractivity contribution >= 4 is 5.82 Å². The molecule has 1 N–H and O–H groups in total. The molecular formula is C12H17N3. The van der Waals surface area contributed by atoms with E-state index in [-0.39, 0.29) is 0 Å². The minimum atomic E-state index is 0.820. The molecule has 1 aliphatic carbocycles. The van der Waals surface area contributed by atoms with E-state index >= 15 is 0 Å². The van der Waals surface area contributed by atoms with E-state index in [1.54, 1.807) is 11.8 Å². The Labute approximate surface area is 90.6 Å². The minimum absolute atomic E-state index is 0.820. The number of anilines is 1. The van der Waals surface area contributed by atoms with Gasteiger partial charge in [0.1, 0.15) is 11.6 Å². The lowest BCUT2D eigenvalue weighted by Crippen LogP contribution is -2.04. The summed E-state index contributed by atoms with van der Waals surface area (Å²) < 4.78 is 0. The van der Waals surface area contributed by atoms with E-state index in [9.17, 15) is 0 Å². The van der Waals surface area contributed by atoms with E-state index in [0.717, 1.165) is 24.6 Å². The van der Waals surface area contributed by atoms with E-state index < -0.39 is 0 Å². The Hall–Kier alpha value is -1.38. The summed E-state index contributed by atoms with van der Waals surface area (Å²) in [5.74, 6) is 1.75. The Bertz CT molecular complexity index is 358. The zero-order valence-electron chi connectivity index (χ0n) is 9.16. The lowest BCUT2D eigenvalue weighted by molar-refractivity contribution is 0.860. The molecule has 0 atom stereocenters. The van der Waals surface area contributed by atoms with Crippen LogP contribution in [0.15, 0.2) is 23.9 Å². The molecule has 2 rings (SSSR count). The van der Waals surface area contributed by atoms with E-state index in [4.69, 9.17) is 0 Å². The molecule has 0 unspecified atom stereocenters. The fourth-order valence-corrected chi connectivity index (χ4v) is 1.87. The highest BCUT2D eigenvalue weighted by Crippen LogP contribution is 2.20. The summed E-state index contributed by atoms with van der Waals surface area (Å²) in [6.45, 7) is 2.88. The van der Waals surface area contributed by atoms with Gasteiger partial charge in [-0.15, -0.1) is 0 Å². The van der Waals surface area contributed by atoms with Crippen LogP contribution in [0.1, 0.15) is 31.5 Å². The van der Waals surface area contributed by atoms with Gasteiger partial charge in [-0.2, -0.15) is 0 Å². The van der Waals surface area contributed by atoms with Crippen molar-refractivity contribution in [3.8, 4) is 0 Å². The molecule has 3 nitrogen and oxygen atoms in total. The molecule has 0 amide bonds. The Morgan fingerprint density at radius 3 is 3.13 bits per heavy atom. The zero-order valence-corrected chi connectivity index (χ0v) is 9.16. The van der Waals surface area contributed by atoms with Gasteiger partial charge < -0.3 is 5.32 Å². The first-order valence-corrected chi connectivity index (χ1v) is 5.56. The van der Waals surface area contributed by atoms with Crippen LogP contribution in [-0.4, -0.2) is 16.5 Å². The summed E-state index contributed by atoms with van der Waals surface area (Å²) >= 11 is 0. The maximum atomic E-state index is 4.30. The number of rotatable bonds is 4. The molecule has 0 saturated carbocycles. The maximum absolute atomic E-state index is 4.30. The average Bonchev–Trinajstić information content (AvgIpc) is 2.71. The Morgan fingerprint density at radius 2 is 2.40 bits per heavy atom. The van der Waals surface area contributed by atoms with Crippen LogP contribution >= 0.6 is 0 Å². The third-order valence-electron chi connectivity index (χ3n) is 2.66. The number of hydrogen-bond donors (Lipinski definition) is 1. The van der Waals surface area contributed by atoms with Gasteiger partial charge in [-0.25, -0.2) is 9.97 Å². The van der Waals surface area contributed by atoms with Gasteiger partial charge in [0.05, 0.1) is 0 Å². The highest BCUT2D eigenvalue weighted by atomic mass is 15.0. The Morgan fingerprint density at radius 1 is 1.47 bits per heavy atom. The van der Waals surface area contributed by atoms with E-state index in [2.05, 4.69) is 21.4 Å². The van der Waals surface area contributed by atoms with Crippen molar-refractivity contribution in [2.45, 2.75) is 32.6 Å². The number of hydrogen-bond acceptors (Lipinski definition) is 3. The van der Waals surface area contributed by atoms with E-state index in [1.807, 2.05) is 13.0 Å². The summed E-state index contributed by atoms with van der Waals surface area (Å²) in [6.07, 6.45) is 9.18. The van der Waals surface area contributed by atoms with Crippen molar-refractivity contribution in [1.82, 2.24) is 9.97 Å². The van der Waals surface area contributed by atoms with Gasteiger partial charge in [-0.05, 0) is 38.7 Å². The van der Waals surface area contributed by atoms with Crippen LogP contribution in [0, 0.1) is 6.92 Å². The summed E-state index contributed by atoms with van der Waals surface area (Å²) in [7, 11) is 0. The first-order chi connectivity index (χ1) is 7.34. The van der Waals surface area contributed by atoms with Gasteiger partial charge in [-0.3, -0.25) is 0 Å². The Balaban J connectivity index is 1.78. The molecule has 0 fully saturated rings. The van der Waals surface area contributed by atoms with Crippen LogP contribution < -0.4 is 5.32 Å². The third-order valence-corrected chi connectivity index (χ3v) is 2.66. The van der Waals surface area contributed by atoms with Crippen LogP contribution in [0.3, 0.4) is 0 Å². The van der Waals surface area contributed by atoms with E-state index in [0.29, 0.717) is 0 Å². The van der Waals surface area contributed by atoms with Crippen LogP contribution in [0.4, 0.5) is 5.82 Å². The van der Waals surface area contributed by atoms with Crippen molar-refractivity contribution in [2.24, 2.45) is 0 Å². The maximum Gasteiger partial charge on any atom is 0.129 e. The summed E-state index contributed by atoms with van der Waals surface area (Å²) in [4.78, 5) is 8.36. The topological polar surface area (TPSA) is 37.8 Å². The molecule has 1 aromatic heterocycles. The summed E-state index contributed by atoms with van der Waals surface area (Å²) in [6, 6.07) is 1.91. The van der Waals surface area contributed by atoms with Gasteiger partial charge in [-0.1, -0.05) is 11.6 Å². The normalized spacial score (nSPS) is 15.1. The van der Waals surface area contributed by atoms with E-state index in [1.165, 1.54) is 19.3 Å². The fourth-order valence-electron chi connectivity index (χ4n) is 1.87. The van der Waals surface area contributed by atoms with Crippen LogP contribution in [0.25, 0.3) is 0 Å². The zero-order chi connectivity index (χ0) is 10.5. The number of aryl methyl sites for hydroxylation is 1. The molecule has 0 saturated heterocycles. The molecule has 15 heavy (non-hydrogen) atoms. The summed E-state index contributed by atoms with van der Waals surface area (Å²) in [5.41, 5.74) is 1.59. The smallest absolute Gasteiger partial charge is 0.129 e. The second kappa shape index (κ2) is 4.91. The minimum Gasteiger partial charge on any atom is -0.370 e. The number of aromatic nitrogens is 2. The lowest BCUT2D eigenvalue weighted by Gasteiger charge is -2.06. The quantitative estimate of drug-likeness (QED) is 0.764. The molecule has 1 heterocycles. The largest absolute Gasteiger partial charge is 0.370 e. The highest BCUT2D eigenvalue weighted by molar-refractivity contribution is 5.32. The Kier molecular flexibility index (Phi) is 3.33. The van der Waals surface area contributed by atoms with Crippen LogP contribution in [0.5, 0.6) is 0 Å². The standard InChI is InChI=1S/C12H17N3/c1-10-13-9-7-12(15-10)14-8-6-11-4-2-3-5-11/h4,7,9H,2-3,5-6,8H2,1H3,(H,13,14,15). The van der Waals surface area contributed by atoms with Crippen molar-refractivity contribution < 1.29 is 0 Å². The second-order valence-corrected chi connectivity index (χ2v) is 3.92. The monoisotopic (exact) mass is 203 g/mol. The first kappa shape index (κ1) is 10.1. The van der Waals surface area contributed by atoms with Crippen LogP contribution in [-0.2, 0) is 0 Å². The van der Waals surface area contributed by atoms with Crippen LogP contribution in [0.2, 0.25) is 0 Å². The molecular weight excluding hydrogens is 186 g/mol. The third kappa shape index (κ3) is 3.05. The van der Waals surface area contributed by atoms with Gasteiger partial charge >= 0.3 is 0 Å².